The number of primary amides is 1. The highest BCUT2D eigenvalue weighted by atomic mass is 32.2. The van der Waals surface area contributed by atoms with Crippen molar-refractivity contribution in [3.05, 3.63) is 71.8 Å². The van der Waals surface area contributed by atoms with Gasteiger partial charge in [0.25, 0.3) is 0 Å². The number of nitrogens with one attached hydrogen (secondary N) is 12. The molecule has 1 saturated heterocycles. The molecule has 0 unspecified atom stereocenters. The van der Waals surface area contributed by atoms with E-state index in [2.05, 4.69) is 68.8 Å². The maximum absolute atomic E-state index is 14.4. The van der Waals surface area contributed by atoms with Crippen LogP contribution in [0.1, 0.15) is 103 Å². The van der Waals surface area contributed by atoms with Crippen LogP contribution in [-0.2, 0) is 89.6 Å². The van der Waals surface area contributed by atoms with Gasteiger partial charge in [-0.15, -0.1) is 0 Å². The van der Waals surface area contributed by atoms with Crippen LogP contribution < -0.4 is 86.7 Å². The van der Waals surface area contributed by atoms with Crippen molar-refractivity contribution in [1.29, 1.82) is 0 Å². The maximum atomic E-state index is 14.4. The van der Waals surface area contributed by atoms with Gasteiger partial charge in [-0.25, -0.2) is 0 Å². The first-order chi connectivity index (χ1) is 50.7. The molecule has 592 valence electrons. The van der Waals surface area contributed by atoms with Crippen LogP contribution in [0, 0.1) is 11.8 Å². The van der Waals surface area contributed by atoms with Crippen molar-refractivity contribution >= 4 is 124 Å². The van der Waals surface area contributed by atoms with Crippen molar-refractivity contribution in [2.75, 3.05) is 63.3 Å². The molecule has 14 amide bonds. The lowest BCUT2D eigenvalue weighted by Crippen LogP contribution is -2.60. The Morgan fingerprint density at radius 3 is 1.50 bits per heavy atom. The van der Waals surface area contributed by atoms with Gasteiger partial charge in [-0.05, 0) is 98.3 Å². The van der Waals surface area contributed by atoms with E-state index < -0.39 is 213 Å². The highest BCUT2D eigenvalue weighted by Gasteiger charge is 2.40. The number of amides is 14. The Hall–Kier alpha value is -10.2. The minimum Gasteiger partial charge on any atom is -0.481 e. The number of nitrogens with zero attached hydrogens (tertiary/aromatic N) is 2. The van der Waals surface area contributed by atoms with Crippen LogP contribution in [0.2, 0.25) is 0 Å². The Bertz CT molecular complexity index is 3390. The van der Waals surface area contributed by atoms with Gasteiger partial charge in [-0.1, -0.05) is 88.4 Å². The highest BCUT2D eigenvalue weighted by molar-refractivity contribution is 7.98. The molecule has 0 radical (unpaired) electrons. The highest BCUT2D eigenvalue weighted by Crippen LogP contribution is 2.21. The van der Waals surface area contributed by atoms with Gasteiger partial charge in [0, 0.05) is 32.4 Å². The van der Waals surface area contributed by atoms with Crippen LogP contribution in [0.5, 0.6) is 0 Å². The lowest BCUT2D eigenvalue weighted by Gasteiger charge is -2.30. The van der Waals surface area contributed by atoms with Crippen molar-refractivity contribution in [2.24, 2.45) is 39.8 Å². The Kier molecular flexibility index (Phi) is 41.0. The zero-order valence-electron chi connectivity index (χ0n) is 60.8. The van der Waals surface area contributed by atoms with Gasteiger partial charge < -0.3 is 107 Å². The molecule has 39 heteroatoms. The van der Waals surface area contributed by atoms with Crippen LogP contribution in [0.4, 0.5) is 0 Å². The number of benzene rings is 2. The van der Waals surface area contributed by atoms with Crippen molar-refractivity contribution in [3.8, 4) is 0 Å². The van der Waals surface area contributed by atoms with Gasteiger partial charge in [-0.3, -0.25) is 81.7 Å². The number of carboxylic acids is 2. The molecule has 3 rings (SSSR count). The molecule has 0 bridgehead atoms. The summed E-state index contributed by atoms with van der Waals surface area (Å²) >= 11 is 2.52. The molecular weight excluding hydrogens is 1440 g/mol. The van der Waals surface area contributed by atoms with E-state index in [-0.39, 0.29) is 87.8 Å². The molecule has 1 aliphatic rings. The Morgan fingerprint density at radius 1 is 0.523 bits per heavy atom. The summed E-state index contributed by atoms with van der Waals surface area (Å²) in [5.74, 6) is -16.3. The lowest BCUT2D eigenvalue weighted by molar-refractivity contribution is -0.142. The van der Waals surface area contributed by atoms with Crippen LogP contribution in [0.25, 0.3) is 0 Å². The summed E-state index contributed by atoms with van der Waals surface area (Å²) in [4.78, 5) is 220. The quantitative estimate of drug-likeness (QED) is 0.0167. The minimum absolute atomic E-state index is 0.00677. The van der Waals surface area contributed by atoms with E-state index in [1.165, 1.54) is 28.4 Å². The number of carbonyl (C=O) groups excluding carboxylic acids is 14. The standard InChI is InChI=1S/C68H104N18O19S2/c1-37(2)29-46(62(100)78-41(19-13-25-73-68(71)72)59(97)82-45(57(70)95)30-39-15-9-7-10-16-39)83-66(104)56(38(3)4)85-53(90)35-75-65(103)50-20-14-26-86(50)67(105)44(24-28-107-6)81-64(102)49(36-87)84-61(99)43(23-27-106-5)80-60(98)42(21-22-54(91)92)79-63(101)48(32-55(93)94)77-52(89)34-74-58(96)47(76-51(88)33-69)31-40-17-11-8-12-18-40/h7-12,15-18,37-38,41-50,56,87H,13-14,19-36,69H2,1-6H3,(H2,70,95)(H,74,96)(H,75,103)(H,76,88)(H,77,89)(H,78,100)(H,79,101)(H,80,98)(H,81,102)(H,82,97)(H,83,104)(H,84,99)(H,85,90)(H,91,92)(H,93,94)(H4,71,72,73)/t41-,42-,43-,44-,45-,46-,47-,48-,49-,50-,56-/m0/s1. The van der Waals surface area contributed by atoms with Crippen LogP contribution in [0.3, 0.4) is 0 Å². The number of carboxylic acid groups (broad SMARTS) is 2. The molecule has 11 atom stereocenters. The zero-order valence-corrected chi connectivity index (χ0v) is 62.4. The number of nitrogens with two attached hydrogens (primary N) is 4. The van der Waals surface area contributed by atoms with E-state index in [1.54, 1.807) is 101 Å². The van der Waals surface area contributed by atoms with Crippen molar-refractivity contribution in [1.82, 2.24) is 68.7 Å². The summed E-state index contributed by atoms with van der Waals surface area (Å²) < 4.78 is 0. The molecular formula is C68H104N18O19S2. The summed E-state index contributed by atoms with van der Waals surface area (Å²) in [5.41, 5.74) is 23.4. The summed E-state index contributed by atoms with van der Waals surface area (Å²) in [7, 11) is 0. The zero-order chi connectivity index (χ0) is 79.9. The summed E-state index contributed by atoms with van der Waals surface area (Å²) in [5, 5.41) is 59.4. The number of rotatable bonds is 49. The third-order valence-corrected chi connectivity index (χ3v) is 17.8. The molecule has 2 aromatic carbocycles. The first-order valence-electron chi connectivity index (χ1n) is 34.7. The number of aliphatic hydroxyl groups is 1. The van der Waals surface area contributed by atoms with E-state index in [1.807, 2.05) is 0 Å². The van der Waals surface area contributed by atoms with Gasteiger partial charge in [0.2, 0.25) is 82.7 Å². The van der Waals surface area contributed by atoms with Gasteiger partial charge >= 0.3 is 11.9 Å². The minimum atomic E-state index is -1.94. The fourth-order valence-electron chi connectivity index (χ4n) is 11.0. The van der Waals surface area contributed by atoms with Gasteiger partial charge in [-0.2, -0.15) is 23.5 Å². The Labute approximate surface area is 628 Å². The summed E-state index contributed by atoms with van der Waals surface area (Å²) in [6.45, 7) is 3.88. The topological polar surface area (TPSA) is 598 Å². The molecule has 2 aromatic rings. The number of aliphatic carboxylic acids is 2. The molecule has 0 saturated carbocycles. The van der Waals surface area contributed by atoms with E-state index in [4.69, 9.17) is 22.9 Å². The lowest BCUT2D eigenvalue weighted by atomic mass is 9.99. The predicted octanol–water partition coefficient (Wildman–Crippen LogP) is -5.42. The van der Waals surface area contributed by atoms with Gasteiger partial charge in [0.05, 0.1) is 32.7 Å². The third-order valence-electron chi connectivity index (χ3n) is 16.5. The second kappa shape index (κ2) is 48.1. The normalized spacial score (nSPS) is 15.2. The number of guanidine groups is 1. The number of hydrogen-bond acceptors (Lipinski definition) is 21. The third kappa shape index (κ3) is 33.9. The summed E-state index contributed by atoms with van der Waals surface area (Å²) in [6.07, 6.45) is 1.43. The van der Waals surface area contributed by atoms with Gasteiger partial charge in [0.1, 0.15) is 66.5 Å². The average Bonchev–Trinajstić information content (AvgIpc) is 1.73. The number of hydrogen-bond donors (Lipinski definition) is 19. The molecule has 1 fully saturated rings. The van der Waals surface area contributed by atoms with E-state index in [0.717, 1.165) is 0 Å². The maximum Gasteiger partial charge on any atom is 0.305 e. The average molecular weight is 1540 g/mol. The molecule has 1 heterocycles. The molecule has 23 N–H and O–H groups in total. The predicted molar refractivity (Wildman–Crippen MR) is 395 cm³/mol. The number of aliphatic imine (C=N–C) groups is 1. The number of aliphatic hydroxyl groups excluding tert-OH is 1. The Balaban J connectivity index is 1.74. The second-order valence-corrected chi connectivity index (χ2v) is 27.9. The number of likely N-dealkylation sites (tertiary alicyclic amines) is 1. The largest absolute Gasteiger partial charge is 0.481 e. The fraction of sp³-hybridized carbons (Fsp3) is 0.574. The molecule has 1 aliphatic heterocycles. The SMILES string of the molecule is CSCC[C@H](NC(=O)[C@H](CCC(=O)O)NC(=O)[C@H](CC(=O)O)NC(=O)CNC(=O)[C@H](Cc1ccccc1)NC(=O)CN)C(=O)N[C@@H](CO)C(=O)N[C@@H](CCSC)C(=O)N1CCC[C@H]1C(=O)NCC(=O)N[C@H](C(=O)N[C@@H](CC(C)C)C(=O)N[C@@H](CCCN=C(N)N)C(=O)N[C@@H](Cc1ccccc1)C(N)=O)C(C)C. The molecule has 107 heavy (non-hydrogen) atoms. The fourth-order valence-corrected chi connectivity index (χ4v) is 11.9. The van der Waals surface area contributed by atoms with Crippen molar-refractivity contribution in [3.63, 3.8) is 0 Å². The number of carbonyl (C=O) groups is 16. The molecule has 0 aliphatic carbocycles. The molecule has 0 aromatic heterocycles. The first-order valence-corrected chi connectivity index (χ1v) is 37.5. The van der Waals surface area contributed by atoms with E-state index >= 15 is 0 Å². The van der Waals surface area contributed by atoms with E-state index in [9.17, 15) is 92.0 Å². The van der Waals surface area contributed by atoms with Crippen LogP contribution >= 0.6 is 23.5 Å². The van der Waals surface area contributed by atoms with Crippen LogP contribution in [-0.4, -0.2) is 251 Å². The first kappa shape index (κ1) is 91.1. The van der Waals surface area contributed by atoms with Crippen LogP contribution in [0.15, 0.2) is 65.7 Å². The Morgan fingerprint density at radius 2 is 0.991 bits per heavy atom. The monoisotopic (exact) mass is 1540 g/mol. The molecule has 37 nitrogen and oxygen atoms in total. The number of thioether (sulfide) groups is 2. The second-order valence-electron chi connectivity index (χ2n) is 25.9. The van der Waals surface area contributed by atoms with E-state index in [0.29, 0.717) is 17.5 Å². The van der Waals surface area contributed by atoms with Crippen molar-refractivity contribution < 1.29 is 92.0 Å². The molecule has 0 spiro atoms. The van der Waals surface area contributed by atoms with Crippen molar-refractivity contribution in [2.45, 2.75) is 171 Å². The smallest absolute Gasteiger partial charge is 0.305 e. The van der Waals surface area contributed by atoms with Gasteiger partial charge in [0.15, 0.2) is 5.96 Å². The summed E-state index contributed by atoms with van der Waals surface area (Å²) in [6, 6.07) is 1.41.